The van der Waals surface area contributed by atoms with E-state index in [0.717, 1.165) is 102 Å². The first-order valence-corrected chi connectivity index (χ1v) is 49.5. The van der Waals surface area contributed by atoms with Crippen LogP contribution in [0.4, 0.5) is 0 Å². The van der Waals surface area contributed by atoms with Crippen LogP contribution < -0.4 is 0 Å². The Morgan fingerprint density at radius 2 is 0.468 bits per heavy atom. The summed E-state index contributed by atoms with van der Waals surface area (Å²) in [6.07, 6.45) is 75.1. The van der Waals surface area contributed by atoms with Crippen molar-refractivity contribution in [1.82, 2.24) is 0 Å². The molecule has 19 heteroatoms. The number of phosphoric ester groups is 2. The van der Waals surface area contributed by atoms with E-state index < -0.39 is 97.5 Å². The third-order valence-corrected chi connectivity index (χ3v) is 23.5. The first kappa shape index (κ1) is 107. The largest absolute Gasteiger partial charge is 0.472 e. The number of carbonyl (C=O) groups is 4. The van der Waals surface area contributed by atoms with Gasteiger partial charge >= 0.3 is 39.5 Å². The molecule has 0 bridgehead atoms. The van der Waals surface area contributed by atoms with Crippen LogP contribution in [0.25, 0.3) is 0 Å². The number of phosphoric acid groups is 2. The van der Waals surface area contributed by atoms with Crippen molar-refractivity contribution in [1.29, 1.82) is 0 Å². The molecule has 3 N–H and O–H groups in total. The number of hydrogen-bond acceptors (Lipinski definition) is 15. The predicted octanol–water partition coefficient (Wildman–Crippen LogP) is 27.8. The number of aliphatic hydroxyl groups excluding tert-OH is 1. The van der Waals surface area contributed by atoms with Gasteiger partial charge in [0.2, 0.25) is 0 Å². The van der Waals surface area contributed by atoms with Gasteiger partial charge in [0.25, 0.3) is 0 Å². The van der Waals surface area contributed by atoms with Gasteiger partial charge in [0.05, 0.1) is 26.4 Å². The van der Waals surface area contributed by atoms with Gasteiger partial charge in [0, 0.05) is 25.7 Å². The number of unbranched alkanes of at least 4 members (excludes halogenated alkanes) is 58. The van der Waals surface area contributed by atoms with Gasteiger partial charge in [-0.1, -0.05) is 433 Å². The molecule has 3 unspecified atom stereocenters. The molecule has 0 saturated heterocycles. The summed E-state index contributed by atoms with van der Waals surface area (Å²) in [5, 5.41) is 10.7. The second-order valence-electron chi connectivity index (χ2n) is 33.1. The molecule has 0 heterocycles. The highest BCUT2D eigenvalue weighted by atomic mass is 31.2. The van der Waals surface area contributed by atoms with E-state index in [0.29, 0.717) is 25.7 Å². The van der Waals surface area contributed by atoms with Gasteiger partial charge in [0.1, 0.15) is 19.3 Å². The fraction of sp³-hybridized carbons (Fsp3) is 0.956. The topological polar surface area (TPSA) is 237 Å². The maximum absolute atomic E-state index is 13.2. The molecule has 0 rings (SSSR count). The van der Waals surface area contributed by atoms with E-state index in [2.05, 4.69) is 41.5 Å². The van der Waals surface area contributed by atoms with E-state index in [1.54, 1.807) is 0 Å². The van der Waals surface area contributed by atoms with Crippen LogP contribution in [0.1, 0.15) is 485 Å². The van der Waals surface area contributed by atoms with Gasteiger partial charge in [-0.3, -0.25) is 37.3 Å². The standard InChI is InChI=1S/C90H176O17P2/c1-7-10-12-14-16-18-20-22-23-24-25-26-27-28-32-35-38-42-49-55-61-67-73-88(93)101-78-85(106-89(94)74-68-62-56-50-43-39-36-33-30-29-31-34-37-40-47-53-59-65-71-83(6)9-3)80-104-108(96,97)102-76-84(91)77-103-109(98,99)105-81-86(79-100-87(92)72-66-60-54-48-41-21-19-17-15-13-11-8-2)107-90(95)75-69-63-57-51-45-44-46-52-58-64-70-82(4)5/h82-86,91H,7-81H2,1-6H3,(H,96,97)(H,98,99)/t83?,84-,85-,86-/m1/s1. The van der Waals surface area contributed by atoms with E-state index in [-0.39, 0.29) is 25.7 Å². The Balaban J connectivity index is 5.21. The van der Waals surface area contributed by atoms with Crippen LogP contribution in [0.5, 0.6) is 0 Å². The van der Waals surface area contributed by atoms with Crippen LogP contribution in [-0.2, 0) is 65.4 Å². The molecule has 0 amide bonds. The van der Waals surface area contributed by atoms with Crippen LogP contribution in [0.15, 0.2) is 0 Å². The van der Waals surface area contributed by atoms with E-state index >= 15 is 0 Å². The summed E-state index contributed by atoms with van der Waals surface area (Å²) in [7, 11) is -9.93. The highest BCUT2D eigenvalue weighted by molar-refractivity contribution is 7.47. The zero-order valence-electron chi connectivity index (χ0n) is 71.9. The van der Waals surface area contributed by atoms with Crippen molar-refractivity contribution in [2.75, 3.05) is 39.6 Å². The Labute approximate surface area is 670 Å². The van der Waals surface area contributed by atoms with E-state index in [1.807, 2.05) is 0 Å². The van der Waals surface area contributed by atoms with Crippen LogP contribution >= 0.6 is 15.6 Å². The molecule has 109 heavy (non-hydrogen) atoms. The molecule has 0 aliphatic heterocycles. The SMILES string of the molecule is CCCCCCCCCCCCCCCCCCCCCCCCC(=O)OC[C@H](COP(=O)(O)OC[C@@H](O)COP(=O)(O)OC[C@@H](COC(=O)CCCCCCCCCCCCCC)OC(=O)CCCCCCCCCCCCC(C)C)OC(=O)CCCCCCCCCCCCCCCCCCCCC(C)CC. The molecule has 17 nitrogen and oxygen atoms in total. The Morgan fingerprint density at radius 3 is 0.697 bits per heavy atom. The smallest absolute Gasteiger partial charge is 0.462 e. The molecule has 648 valence electrons. The second kappa shape index (κ2) is 81.2. The number of rotatable bonds is 89. The van der Waals surface area contributed by atoms with Crippen LogP contribution in [-0.4, -0.2) is 96.7 Å². The molecule has 0 aromatic rings. The minimum atomic E-state index is -4.97. The van der Waals surface area contributed by atoms with Crippen molar-refractivity contribution in [2.45, 2.75) is 503 Å². The molecule has 0 aromatic heterocycles. The third kappa shape index (κ3) is 82.4. The zero-order chi connectivity index (χ0) is 79.9. The summed E-state index contributed by atoms with van der Waals surface area (Å²) >= 11 is 0. The maximum atomic E-state index is 13.2. The maximum Gasteiger partial charge on any atom is 0.472 e. The lowest BCUT2D eigenvalue weighted by Crippen LogP contribution is -2.30. The summed E-state index contributed by atoms with van der Waals surface area (Å²) in [4.78, 5) is 73.3. The van der Waals surface area contributed by atoms with E-state index in [4.69, 9.17) is 37.0 Å². The Hall–Kier alpha value is -1.94. The summed E-state index contributed by atoms with van der Waals surface area (Å²) < 4.78 is 69.0. The lowest BCUT2D eigenvalue weighted by molar-refractivity contribution is -0.161. The normalized spacial score (nSPS) is 14.0. The van der Waals surface area contributed by atoms with E-state index in [1.165, 1.54) is 302 Å². The summed E-state index contributed by atoms with van der Waals surface area (Å²) in [5.41, 5.74) is 0. The van der Waals surface area contributed by atoms with Crippen molar-refractivity contribution in [3.05, 3.63) is 0 Å². The van der Waals surface area contributed by atoms with Gasteiger partial charge in [-0.05, 0) is 37.5 Å². The van der Waals surface area contributed by atoms with Gasteiger partial charge < -0.3 is 33.8 Å². The lowest BCUT2D eigenvalue weighted by Gasteiger charge is -2.21. The van der Waals surface area contributed by atoms with Crippen molar-refractivity contribution in [2.24, 2.45) is 11.8 Å². The van der Waals surface area contributed by atoms with E-state index in [9.17, 15) is 43.2 Å². The average molecular weight is 1590 g/mol. The van der Waals surface area contributed by atoms with Gasteiger partial charge in [0.15, 0.2) is 12.2 Å². The summed E-state index contributed by atoms with van der Waals surface area (Å²) in [6, 6.07) is 0. The summed E-state index contributed by atoms with van der Waals surface area (Å²) in [6.45, 7) is 9.74. The average Bonchev–Trinajstić information content (AvgIpc) is 0.899. The Kier molecular flexibility index (Phi) is 79.8. The Bertz CT molecular complexity index is 2080. The lowest BCUT2D eigenvalue weighted by atomic mass is 9.99. The van der Waals surface area contributed by atoms with Crippen LogP contribution in [0.3, 0.4) is 0 Å². The van der Waals surface area contributed by atoms with Crippen molar-refractivity contribution in [3.8, 4) is 0 Å². The molecular formula is C90H176O17P2. The number of ether oxygens (including phenoxy) is 4. The monoisotopic (exact) mass is 1590 g/mol. The van der Waals surface area contributed by atoms with Gasteiger partial charge in [-0.25, -0.2) is 9.13 Å². The summed E-state index contributed by atoms with van der Waals surface area (Å²) in [5.74, 6) is -0.475. The molecule has 0 spiro atoms. The molecule has 0 aliphatic carbocycles. The van der Waals surface area contributed by atoms with Crippen molar-refractivity contribution >= 4 is 39.5 Å². The minimum Gasteiger partial charge on any atom is -0.462 e. The van der Waals surface area contributed by atoms with Crippen molar-refractivity contribution < 1.29 is 80.2 Å². The van der Waals surface area contributed by atoms with Gasteiger partial charge in [-0.15, -0.1) is 0 Å². The molecule has 0 saturated carbocycles. The molecule has 0 aromatic carbocycles. The molecule has 0 aliphatic rings. The number of esters is 4. The first-order chi connectivity index (χ1) is 52.9. The molecular weight excluding hydrogens is 1410 g/mol. The van der Waals surface area contributed by atoms with Crippen LogP contribution in [0.2, 0.25) is 0 Å². The minimum absolute atomic E-state index is 0.107. The zero-order valence-corrected chi connectivity index (χ0v) is 73.7. The fourth-order valence-corrected chi connectivity index (χ4v) is 15.7. The number of hydrogen-bond donors (Lipinski definition) is 3. The third-order valence-electron chi connectivity index (χ3n) is 21.6. The molecule has 0 fully saturated rings. The van der Waals surface area contributed by atoms with Crippen molar-refractivity contribution in [3.63, 3.8) is 0 Å². The quantitative estimate of drug-likeness (QED) is 0.0222. The highest BCUT2D eigenvalue weighted by Gasteiger charge is 2.31. The van der Waals surface area contributed by atoms with Gasteiger partial charge in [-0.2, -0.15) is 0 Å². The number of carbonyl (C=O) groups excluding carboxylic acids is 4. The van der Waals surface area contributed by atoms with Crippen LogP contribution in [0, 0.1) is 11.8 Å². The number of aliphatic hydroxyl groups is 1. The fourth-order valence-electron chi connectivity index (χ4n) is 14.1. The highest BCUT2D eigenvalue weighted by Crippen LogP contribution is 2.45. The first-order valence-electron chi connectivity index (χ1n) is 46.5. The second-order valence-corrected chi connectivity index (χ2v) is 36.0. The molecule has 0 radical (unpaired) electrons. The predicted molar refractivity (Wildman–Crippen MR) is 451 cm³/mol. The Morgan fingerprint density at radius 1 is 0.266 bits per heavy atom. The molecule has 6 atom stereocenters.